The van der Waals surface area contributed by atoms with Crippen LogP contribution in [0.3, 0.4) is 0 Å². The largest absolute Gasteiger partial charge is 0.382 e. The standard InChI is InChI=1S/C9H21NO.BrH/c1-4-11-7-5-6-9(2,3)8-10;/h4-8,10H2,1-3H3;1H. The van der Waals surface area contributed by atoms with Crippen molar-refractivity contribution >= 4 is 17.0 Å². The topological polar surface area (TPSA) is 35.2 Å². The minimum Gasteiger partial charge on any atom is -0.382 e. The van der Waals surface area contributed by atoms with Crippen molar-refractivity contribution in [3.8, 4) is 0 Å². The van der Waals surface area contributed by atoms with Crippen LogP contribution in [0.4, 0.5) is 0 Å². The fraction of sp³-hybridized carbons (Fsp3) is 1.00. The Morgan fingerprint density at radius 1 is 1.33 bits per heavy atom. The van der Waals surface area contributed by atoms with Gasteiger partial charge in [0, 0.05) is 13.2 Å². The molecule has 0 aromatic rings. The van der Waals surface area contributed by atoms with E-state index in [9.17, 15) is 0 Å². The molecule has 0 rings (SSSR count). The van der Waals surface area contributed by atoms with Gasteiger partial charge < -0.3 is 10.5 Å². The van der Waals surface area contributed by atoms with Crippen molar-refractivity contribution in [2.75, 3.05) is 19.8 Å². The lowest BCUT2D eigenvalue weighted by Gasteiger charge is -2.21. The zero-order chi connectivity index (χ0) is 8.74. The first kappa shape index (κ1) is 14.9. The maximum Gasteiger partial charge on any atom is 0.0466 e. The highest BCUT2D eigenvalue weighted by molar-refractivity contribution is 8.93. The van der Waals surface area contributed by atoms with E-state index >= 15 is 0 Å². The Morgan fingerprint density at radius 2 is 1.92 bits per heavy atom. The van der Waals surface area contributed by atoms with Crippen LogP contribution in [-0.2, 0) is 4.74 Å². The third kappa shape index (κ3) is 8.50. The van der Waals surface area contributed by atoms with Gasteiger partial charge in [0.05, 0.1) is 0 Å². The maximum atomic E-state index is 5.58. The molecular weight excluding hydrogens is 218 g/mol. The molecule has 0 bridgehead atoms. The molecule has 0 fully saturated rings. The summed E-state index contributed by atoms with van der Waals surface area (Å²) in [5, 5.41) is 0. The molecule has 0 amide bonds. The number of hydrogen-bond donors (Lipinski definition) is 1. The number of ether oxygens (including phenoxy) is 1. The van der Waals surface area contributed by atoms with E-state index in [-0.39, 0.29) is 22.4 Å². The molecule has 0 unspecified atom stereocenters. The summed E-state index contributed by atoms with van der Waals surface area (Å²) in [7, 11) is 0. The molecule has 0 aliphatic carbocycles. The number of nitrogens with two attached hydrogens (primary N) is 1. The van der Waals surface area contributed by atoms with Gasteiger partial charge in [-0.25, -0.2) is 0 Å². The summed E-state index contributed by atoms with van der Waals surface area (Å²) in [5.41, 5.74) is 5.87. The Kier molecular flexibility index (Phi) is 9.96. The van der Waals surface area contributed by atoms with E-state index in [1.165, 1.54) is 0 Å². The second-order valence-corrected chi connectivity index (χ2v) is 3.67. The van der Waals surface area contributed by atoms with Gasteiger partial charge >= 0.3 is 0 Å². The van der Waals surface area contributed by atoms with E-state index < -0.39 is 0 Å². The van der Waals surface area contributed by atoms with Crippen molar-refractivity contribution < 1.29 is 4.74 Å². The van der Waals surface area contributed by atoms with Crippen LogP contribution in [0.1, 0.15) is 33.6 Å². The molecule has 0 radical (unpaired) electrons. The molecular formula is C9H22BrNO. The Bertz CT molecular complexity index is 96.5. The van der Waals surface area contributed by atoms with Gasteiger partial charge in [0.15, 0.2) is 0 Å². The molecule has 0 saturated carbocycles. The predicted octanol–water partition coefficient (Wildman–Crippen LogP) is 2.37. The monoisotopic (exact) mass is 239 g/mol. The van der Waals surface area contributed by atoms with Crippen molar-refractivity contribution in [1.29, 1.82) is 0 Å². The molecule has 0 spiro atoms. The fourth-order valence-electron chi connectivity index (χ4n) is 0.899. The summed E-state index contributed by atoms with van der Waals surface area (Å²) >= 11 is 0. The lowest BCUT2D eigenvalue weighted by atomic mass is 9.88. The minimum atomic E-state index is 0. The SMILES string of the molecule is Br.CCOCCCC(C)(C)CN. The van der Waals surface area contributed by atoms with Crippen LogP contribution in [-0.4, -0.2) is 19.8 Å². The molecule has 0 atom stereocenters. The van der Waals surface area contributed by atoms with Gasteiger partial charge in [-0.3, -0.25) is 0 Å². The number of hydrogen-bond acceptors (Lipinski definition) is 2. The minimum absolute atomic E-state index is 0. The smallest absolute Gasteiger partial charge is 0.0466 e. The lowest BCUT2D eigenvalue weighted by Crippen LogP contribution is -2.23. The highest BCUT2D eigenvalue weighted by Crippen LogP contribution is 2.19. The Labute approximate surface area is 86.6 Å². The number of halogens is 1. The van der Waals surface area contributed by atoms with Crippen LogP contribution < -0.4 is 5.73 Å². The van der Waals surface area contributed by atoms with Crippen molar-refractivity contribution in [2.45, 2.75) is 33.6 Å². The first-order valence-electron chi connectivity index (χ1n) is 4.40. The zero-order valence-corrected chi connectivity index (χ0v) is 10.1. The number of rotatable bonds is 6. The van der Waals surface area contributed by atoms with E-state index in [1.807, 2.05) is 6.92 Å². The summed E-state index contributed by atoms with van der Waals surface area (Å²) in [6.45, 7) is 8.87. The van der Waals surface area contributed by atoms with Crippen molar-refractivity contribution in [3.63, 3.8) is 0 Å². The van der Waals surface area contributed by atoms with E-state index in [2.05, 4.69) is 13.8 Å². The molecule has 12 heavy (non-hydrogen) atoms. The highest BCUT2D eigenvalue weighted by Gasteiger charge is 2.13. The van der Waals surface area contributed by atoms with E-state index in [0.717, 1.165) is 32.6 Å². The van der Waals surface area contributed by atoms with Crippen molar-refractivity contribution in [2.24, 2.45) is 11.1 Å². The van der Waals surface area contributed by atoms with Gasteiger partial charge in [0.25, 0.3) is 0 Å². The summed E-state index contributed by atoms with van der Waals surface area (Å²) in [4.78, 5) is 0. The van der Waals surface area contributed by atoms with E-state index in [1.54, 1.807) is 0 Å². The van der Waals surface area contributed by atoms with Gasteiger partial charge in [-0.2, -0.15) is 0 Å². The second kappa shape index (κ2) is 8.02. The van der Waals surface area contributed by atoms with Gasteiger partial charge in [0.2, 0.25) is 0 Å². The summed E-state index contributed by atoms with van der Waals surface area (Å²) in [6.07, 6.45) is 2.28. The van der Waals surface area contributed by atoms with Gasteiger partial charge in [-0.1, -0.05) is 13.8 Å². The normalized spacial score (nSPS) is 11.0. The van der Waals surface area contributed by atoms with Gasteiger partial charge in [-0.15, -0.1) is 17.0 Å². The predicted molar refractivity (Wildman–Crippen MR) is 58.9 cm³/mol. The lowest BCUT2D eigenvalue weighted by molar-refractivity contribution is 0.133. The third-order valence-electron chi connectivity index (χ3n) is 1.90. The summed E-state index contributed by atoms with van der Waals surface area (Å²) in [5.74, 6) is 0. The molecule has 0 aromatic heterocycles. The first-order valence-corrected chi connectivity index (χ1v) is 4.40. The molecule has 0 aliphatic heterocycles. The van der Waals surface area contributed by atoms with Crippen molar-refractivity contribution in [3.05, 3.63) is 0 Å². The van der Waals surface area contributed by atoms with Crippen LogP contribution in [0.25, 0.3) is 0 Å². The Balaban J connectivity index is 0. The highest BCUT2D eigenvalue weighted by atomic mass is 79.9. The fourth-order valence-corrected chi connectivity index (χ4v) is 0.899. The van der Waals surface area contributed by atoms with Crippen LogP contribution in [0, 0.1) is 5.41 Å². The average Bonchev–Trinajstić information content (AvgIpc) is 1.99. The maximum absolute atomic E-state index is 5.58. The third-order valence-corrected chi connectivity index (χ3v) is 1.90. The molecule has 2 nitrogen and oxygen atoms in total. The molecule has 0 heterocycles. The second-order valence-electron chi connectivity index (χ2n) is 3.67. The van der Waals surface area contributed by atoms with Crippen LogP contribution in [0.5, 0.6) is 0 Å². The van der Waals surface area contributed by atoms with Gasteiger partial charge in [-0.05, 0) is 31.7 Å². The van der Waals surface area contributed by atoms with Crippen molar-refractivity contribution in [1.82, 2.24) is 0 Å². The average molecular weight is 240 g/mol. The van der Waals surface area contributed by atoms with E-state index in [4.69, 9.17) is 10.5 Å². The Hall–Kier alpha value is 0.400. The molecule has 76 valence electrons. The van der Waals surface area contributed by atoms with Crippen LogP contribution in [0.15, 0.2) is 0 Å². The zero-order valence-electron chi connectivity index (χ0n) is 8.43. The first-order chi connectivity index (χ1) is 5.12. The molecule has 3 heteroatoms. The van der Waals surface area contributed by atoms with Gasteiger partial charge in [0.1, 0.15) is 0 Å². The van der Waals surface area contributed by atoms with Crippen LogP contribution in [0.2, 0.25) is 0 Å². The molecule has 0 aliphatic rings. The van der Waals surface area contributed by atoms with Crippen LogP contribution >= 0.6 is 17.0 Å². The quantitative estimate of drug-likeness (QED) is 0.723. The summed E-state index contributed by atoms with van der Waals surface area (Å²) < 4.78 is 5.23. The molecule has 0 aromatic carbocycles. The molecule has 2 N–H and O–H groups in total. The molecule has 0 saturated heterocycles. The summed E-state index contributed by atoms with van der Waals surface area (Å²) in [6, 6.07) is 0. The van der Waals surface area contributed by atoms with E-state index in [0.29, 0.717) is 0 Å². The Morgan fingerprint density at radius 3 is 2.33 bits per heavy atom.